The second kappa shape index (κ2) is 7.37. The topological polar surface area (TPSA) is 67.1 Å². The maximum absolute atomic E-state index is 12.0. The average Bonchev–Trinajstić information content (AvgIpc) is 2.83. The SMILES string of the molecule is CCOC(=O)c1cc(Sc2ccc(NC)c(C=N)c2)c(C)n1C. The van der Waals surface area contributed by atoms with Crippen LogP contribution >= 0.6 is 11.8 Å². The van der Waals surface area contributed by atoms with Gasteiger partial charge in [0.05, 0.1) is 6.61 Å². The average molecular weight is 331 g/mol. The Morgan fingerprint density at radius 1 is 1.43 bits per heavy atom. The van der Waals surface area contributed by atoms with Crippen molar-refractivity contribution in [1.82, 2.24) is 4.57 Å². The zero-order chi connectivity index (χ0) is 17.0. The fraction of sp³-hybridized carbons (Fsp3) is 0.294. The summed E-state index contributed by atoms with van der Waals surface area (Å²) in [4.78, 5) is 14.0. The number of nitrogens with zero attached hydrogens (tertiary/aromatic N) is 1. The minimum Gasteiger partial charge on any atom is -0.461 e. The van der Waals surface area contributed by atoms with Gasteiger partial charge in [0.25, 0.3) is 0 Å². The first-order valence-electron chi connectivity index (χ1n) is 7.35. The van der Waals surface area contributed by atoms with Gasteiger partial charge < -0.3 is 20.0 Å². The third-order valence-electron chi connectivity index (χ3n) is 3.65. The molecule has 122 valence electrons. The maximum Gasteiger partial charge on any atom is 0.354 e. The number of carbonyl (C=O) groups excluding carboxylic acids is 1. The third kappa shape index (κ3) is 3.59. The predicted molar refractivity (Wildman–Crippen MR) is 94.1 cm³/mol. The van der Waals surface area contributed by atoms with E-state index in [1.807, 2.05) is 49.9 Å². The molecule has 0 fully saturated rings. The van der Waals surface area contributed by atoms with E-state index in [-0.39, 0.29) is 5.97 Å². The van der Waals surface area contributed by atoms with E-state index in [2.05, 4.69) is 5.32 Å². The van der Waals surface area contributed by atoms with Crippen LogP contribution in [0.4, 0.5) is 5.69 Å². The monoisotopic (exact) mass is 331 g/mol. The molecule has 0 spiro atoms. The van der Waals surface area contributed by atoms with Gasteiger partial charge in [0, 0.05) is 47.0 Å². The van der Waals surface area contributed by atoms with Gasteiger partial charge in [-0.15, -0.1) is 0 Å². The number of hydrogen-bond donors (Lipinski definition) is 2. The molecule has 0 atom stereocenters. The Labute approximate surface area is 140 Å². The summed E-state index contributed by atoms with van der Waals surface area (Å²) in [6.45, 7) is 4.13. The van der Waals surface area contributed by atoms with Crippen molar-refractivity contribution in [1.29, 1.82) is 5.41 Å². The molecule has 6 heteroatoms. The molecule has 1 heterocycles. The summed E-state index contributed by atoms with van der Waals surface area (Å²) in [5.41, 5.74) is 3.30. The van der Waals surface area contributed by atoms with Crippen molar-refractivity contribution in [2.24, 2.45) is 7.05 Å². The Bertz CT molecular complexity index is 738. The van der Waals surface area contributed by atoms with Gasteiger partial charge in [0.15, 0.2) is 0 Å². The van der Waals surface area contributed by atoms with Gasteiger partial charge in [-0.2, -0.15) is 0 Å². The van der Waals surface area contributed by atoms with Crippen molar-refractivity contribution in [3.05, 3.63) is 41.2 Å². The van der Waals surface area contributed by atoms with E-state index in [0.29, 0.717) is 12.3 Å². The lowest BCUT2D eigenvalue weighted by Gasteiger charge is -2.08. The molecule has 0 aliphatic carbocycles. The standard InChI is InChI=1S/C17H21N3O2S/c1-5-22-17(21)15-9-16(11(2)20(15)4)23-13-6-7-14(19-3)12(8-13)10-18/h6-10,18-19H,5H2,1-4H3. The molecule has 23 heavy (non-hydrogen) atoms. The van der Waals surface area contributed by atoms with Gasteiger partial charge in [-0.1, -0.05) is 11.8 Å². The molecular formula is C17H21N3O2S. The summed E-state index contributed by atoms with van der Waals surface area (Å²) in [5.74, 6) is -0.310. The summed E-state index contributed by atoms with van der Waals surface area (Å²) in [6, 6.07) is 7.77. The van der Waals surface area contributed by atoms with Crippen LogP contribution in [0.15, 0.2) is 34.1 Å². The number of esters is 1. The minimum absolute atomic E-state index is 0.310. The van der Waals surface area contributed by atoms with Crippen LogP contribution in [-0.2, 0) is 11.8 Å². The van der Waals surface area contributed by atoms with E-state index in [0.717, 1.165) is 26.7 Å². The molecule has 0 bridgehead atoms. The maximum atomic E-state index is 12.0. The molecule has 2 aromatic rings. The largest absolute Gasteiger partial charge is 0.461 e. The lowest BCUT2D eigenvalue weighted by Crippen LogP contribution is -2.10. The molecule has 0 aliphatic rings. The molecule has 2 N–H and O–H groups in total. The van der Waals surface area contributed by atoms with Gasteiger partial charge in [-0.3, -0.25) is 0 Å². The Kier molecular flexibility index (Phi) is 5.50. The lowest BCUT2D eigenvalue weighted by molar-refractivity contribution is 0.0515. The van der Waals surface area contributed by atoms with E-state index < -0.39 is 0 Å². The molecular weight excluding hydrogens is 310 g/mol. The number of carbonyl (C=O) groups is 1. The molecule has 0 unspecified atom stereocenters. The summed E-state index contributed by atoms with van der Waals surface area (Å²) >= 11 is 1.57. The number of nitrogens with one attached hydrogen (secondary N) is 2. The Morgan fingerprint density at radius 3 is 2.78 bits per heavy atom. The first kappa shape index (κ1) is 17.1. The number of aromatic nitrogens is 1. The second-order valence-corrected chi connectivity index (χ2v) is 6.12. The second-order valence-electron chi connectivity index (χ2n) is 5.00. The summed E-state index contributed by atoms with van der Waals surface area (Å²) in [5, 5.41) is 10.6. The smallest absolute Gasteiger partial charge is 0.354 e. The Morgan fingerprint density at radius 2 is 2.17 bits per heavy atom. The lowest BCUT2D eigenvalue weighted by atomic mass is 10.2. The number of ether oxygens (including phenoxy) is 1. The molecule has 0 radical (unpaired) electrons. The first-order valence-corrected chi connectivity index (χ1v) is 8.17. The summed E-state index contributed by atoms with van der Waals surface area (Å²) in [6.07, 6.45) is 1.33. The van der Waals surface area contributed by atoms with Crippen LogP contribution in [0, 0.1) is 12.3 Å². The Hall–Kier alpha value is -2.21. The van der Waals surface area contributed by atoms with Crippen LogP contribution in [0.3, 0.4) is 0 Å². The summed E-state index contributed by atoms with van der Waals surface area (Å²) in [7, 11) is 3.70. The number of rotatable bonds is 6. The van der Waals surface area contributed by atoms with Crippen LogP contribution in [0.25, 0.3) is 0 Å². The van der Waals surface area contributed by atoms with Crippen molar-refractivity contribution in [3.8, 4) is 0 Å². The van der Waals surface area contributed by atoms with Crippen LogP contribution in [-0.4, -0.2) is 30.4 Å². The highest BCUT2D eigenvalue weighted by Gasteiger charge is 2.17. The van der Waals surface area contributed by atoms with Crippen LogP contribution in [0.5, 0.6) is 0 Å². The first-order chi connectivity index (χ1) is 11.0. The number of benzene rings is 1. The van der Waals surface area contributed by atoms with Crippen LogP contribution < -0.4 is 5.32 Å². The van der Waals surface area contributed by atoms with Crippen molar-refractivity contribution in [2.45, 2.75) is 23.6 Å². The third-order valence-corrected chi connectivity index (χ3v) is 4.77. The van der Waals surface area contributed by atoms with Crippen molar-refractivity contribution < 1.29 is 9.53 Å². The van der Waals surface area contributed by atoms with Gasteiger partial charge >= 0.3 is 5.97 Å². The molecule has 1 aromatic heterocycles. The number of anilines is 1. The van der Waals surface area contributed by atoms with E-state index in [9.17, 15) is 4.79 Å². The summed E-state index contributed by atoms with van der Waals surface area (Å²) < 4.78 is 6.93. The van der Waals surface area contributed by atoms with Gasteiger partial charge in [0.1, 0.15) is 5.69 Å². The van der Waals surface area contributed by atoms with Gasteiger partial charge in [-0.25, -0.2) is 4.79 Å². The van der Waals surface area contributed by atoms with Crippen molar-refractivity contribution >= 4 is 29.6 Å². The van der Waals surface area contributed by atoms with E-state index in [1.54, 1.807) is 18.7 Å². The minimum atomic E-state index is -0.310. The van der Waals surface area contributed by atoms with Crippen LogP contribution in [0.1, 0.15) is 28.7 Å². The van der Waals surface area contributed by atoms with E-state index in [1.165, 1.54) is 6.21 Å². The van der Waals surface area contributed by atoms with E-state index in [4.69, 9.17) is 10.1 Å². The molecule has 0 aliphatic heterocycles. The van der Waals surface area contributed by atoms with Crippen molar-refractivity contribution in [2.75, 3.05) is 19.0 Å². The molecule has 1 aromatic carbocycles. The molecule has 0 saturated heterocycles. The van der Waals surface area contributed by atoms with Crippen LogP contribution in [0.2, 0.25) is 0 Å². The highest BCUT2D eigenvalue weighted by molar-refractivity contribution is 7.99. The fourth-order valence-electron chi connectivity index (χ4n) is 2.25. The quantitative estimate of drug-likeness (QED) is 0.625. The molecule has 0 saturated carbocycles. The normalized spacial score (nSPS) is 10.4. The molecule has 2 rings (SSSR count). The predicted octanol–water partition coefficient (Wildman–Crippen LogP) is 3.70. The number of hydrogen-bond acceptors (Lipinski definition) is 5. The zero-order valence-corrected chi connectivity index (χ0v) is 14.6. The fourth-order valence-corrected chi connectivity index (χ4v) is 3.29. The van der Waals surface area contributed by atoms with E-state index >= 15 is 0 Å². The zero-order valence-electron chi connectivity index (χ0n) is 13.8. The molecule has 5 nitrogen and oxygen atoms in total. The molecule has 0 amide bonds. The Balaban J connectivity index is 2.32. The highest BCUT2D eigenvalue weighted by atomic mass is 32.2. The van der Waals surface area contributed by atoms with Gasteiger partial charge in [0.2, 0.25) is 0 Å². The van der Waals surface area contributed by atoms with Gasteiger partial charge in [-0.05, 0) is 38.1 Å². The highest BCUT2D eigenvalue weighted by Crippen LogP contribution is 2.34. The van der Waals surface area contributed by atoms with Crippen molar-refractivity contribution in [3.63, 3.8) is 0 Å².